The van der Waals surface area contributed by atoms with E-state index in [0.717, 1.165) is 42.8 Å². The molecule has 2 N–H and O–H groups in total. The van der Waals surface area contributed by atoms with E-state index in [1.807, 2.05) is 42.5 Å². The fraction of sp³-hybridized carbons (Fsp3) is 0.304. The normalized spacial score (nSPS) is 14.9. The van der Waals surface area contributed by atoms with Crippen molar-refractivity contribution in [3.8, 4) is 0 Å². The Balaban J connectivity index is 1.34. The molecule has 6 nitrogen and oxygen atoms in total. The molecule has 1 saturated heterocycles. The van der Waals surface area contributed by atoms with Gasteiger partial charge < -0.3 is 20.1 Å². The van der Waals surface area contributed by atoms with Gasteiger partial charge in [-0.05, 0) is 55.3 Å². The molecule has 1 fully saturated rings. The van der Waals surface area contributed by atoms with Crippen molar-refractivity contribution in [2.75, 3.05) is 43.4 Å². The van der Waals surface area contributed by atoms with Crippen molar-refractivity contribution in [3.05, 3.63) is 70.5 Å². The number of para-hydroxylation sites is 1. The molecule has 0 saturated carbocycles. The van der Waals surface area contributed by atoms with E-state index in [0.29, 0.717) is 12.0 Å². The number of pyridine rings is 1. The van der Waals surface area contributed by atoms with Gasteiger partial charge in [0.2, 0.25) is 5.91 Å². The third kappa shape index (κ3) is 4.66. The molecule has 29 heavy (non-hydrogen) atoms. The lowest BCUT2D eigenvalue weighted by molar-refractivity contribution is -0.116. The van der Waals surface area contributed by atoms with Crippen LogP contribution in [0.15, 0.2) is 59.4 Å². The minimum atomic E-state index is -0.131. The van der Waals surface area contributed by atoms with Gasteiger partial charge in [-0.25, -0.2) is 0 Å². The van der Waals surface area contributed by atoms with Crippen LogP contribution in [-0.2, 0) is 11.2 Å². The first-order valence-corrected chi connectivity index (χ1v) is 10.0. The predicted octanol–water partition coefficient (Wildman–Crippen LogP) is 2.85. The van der Waals surface area contributed by atoms with Gasteiger partial charge in [0.05, 0.1) is 0 Å². The predicted molar refractivity (Wildman–Crippen MR) is 118 cm³/mol. The molecule has 1 aliphatic rings. The van der Waals surface area contributed by atoms with Gasteiger partial charge in [0.1, 0.15) is 0 Å². The number of aromatic amines is 1. The largest absolute Gasteiger partial charge is 0.369 e. The van der Waals surface area contributed by atoms with Crippen LogP contribution >= 0.6 is 0 Å². The van der Waals surface area contributed by atoms with Crippen LogP contribution < -0.4 is 15.8 Å². The van der Waals surface area contributed by atoms with Gasteiger partial charge in [0.15, 0.2) is 0 Å². The van der Waals surface area contributed by atoms with Crippen molar-refractivity contribution in [2.24, 2.45) is 0 Å². The maximum Gasteiger partial charge on any atom is 0.251 e. The zero-order chi connectivity index (χ0) is 20.2. The molecule has 0 spiro atoms. The fourth-order valence-corrected chi connectivity index (χ4v) is 3.67. The lowest BCUT2D eigenvalue weighted by Crippen LogP contribution is -2.44. The lowest BCUT2D eigenvalue weighted by Gasteiger charge is -2.34. The second kappa shape index (κ2) is 8.49. The van der Waals surface area contributed by atoms with Gasteiger partial charge in [-0.15, -0.1) is 0 Å². The molecule has 0 radical (unpaired) electrons. The Labute approximate surface area is 170 Å². The maximum absolute atomic E-state index is 12.3. The van der Waals surface area contributed by atoms with Gasteiger partial charge in [-0.1, -0.05) is 18.2 Å². The summed E-state index contributed by atoms with van der Waals surface area (Å²) in [5, 5.41) is 3.90. The van der Waals surface area contributed by atoms with E-state index in [4.69, 9.17) is 0 Å². The number of hydrogen-bond acceptors (Lipinski definition) is 4. The summed E-state index contributed by atoms with van der Waals surface area (Å²) in [4.78, 5) is 32.1. The monoisotopic (exact) mass is 390 g/mol. The van der Waals surface area contributed by atoms with Crippen LogP contribution in [0.5, 0.6) is 0 Å². The standard InChI is InChI=1S/C23H26N4O2/c1-26-12-14-27(15-13-26)20-9-7-19(8-10-20)24-22(28)11-6-18-16-17-4-2-3-5-21(17)25-23(18)29/h2-5,7-10,16H,6,11-15H2,1H3,(H,24,28)(H,25,29). The first kappa shape index (κ1) is 19.2. The number of rotatable bonds is 5. The number of fused-ring (bicyclic) bond motifs is 1. The molecule has 1 amide bonds. The number of aryl methyl sites for hydroxylation is 1. The summed E-state index contributed by atoms with van der Waals surface area (Å²) in [6.45, 7) is 4.16. The summed E-state index contributed by atoms with van der Waals surface area (Å²) in [5.41, 5.74) is 3.27. The molecule has 150 valence electrons. The van der Waals surface area contributed by atoms with E-state index < -0.39 is 0 Å². The van der Waals surface area contributed by atoms with E-state index in [1.165, 1.54) is 5.69 Å². The van der Waals surface area contributed by atoms with Crippen molar-refractivity contribution < 1.29 is 4.79 Å². The fourth-order valence-electron chi connectivity index (χ4n) is 3.67. The molecule has 6 heteroatoms. The SMILES string of the molecule is CN1CCN(c2ccc(NC(=O)CCc3cc4ccccc4[nH]c3=O)cc2)CC1. The Morgan fingerprint density at radius 1 is 1.03 bits per heavy atom. The summed E-state index contributed by atoms with van der Waals surface area (Å²) in [6, 6.07) is 17.5. The van der Waals surface area contributed by atoms with Crippen molar-refractivity contribution in [2.45, 2.75) is 12.8 Å². The Hall–Kier alpha value is -3.12. The van der Waals surface area contributed by atoms with Crippen LogP contribution in [0.4, 0.5) is 11.4 Å². The zero-order valence-corrected chi connectivity index (χ0v) is 16.6. The number of likely N-dealkylation sites (N-methyl/N-ethyl adjacent to an activating group) is 1. The summed E-state index contributed by atoms with van der Waals surface area (Å²) in [5.74, 6) is -0.0927. The summed E-state index contributed by atoms with van der Waals surface area (Å²) in [6.07, 6.45) is 0.674. The van der Waals surface area contributed by atoms with E-state index in [-0.39, 0.29) is 17.9 Å². The van der Waals surface area contributed by atoms with Crippen molar-refractivity contribution in [1.29, 1.82) is 0 Å². The van der Waals surface area contributed by atoms with Gasteiger partial charge in [-0.2, -0.15) is 0 Å². The van der Waals surface area contributed by atoms with Gasteiger partial charge in [0.25, 0.3) is 5.56 Å². The Kier molecular flexibility index (Phi) is 5.62. The van der Waals surface area contributed by atoms with Gasteiger partial charge in [0, 0.05) is 55.1 Å². The summed E-state index contributed by atoms with van der Waals surface area (Å²) >= 11 is 0. The van der Waals surface area contributed by atoms with E-state index in [9.17, 15) is 9.59 Å². The van der Waals surface area contributed by atoms with Crippen LogP contribution in [-0.4, -0.2) is 49.0 Å². The van der Waals surface area contributed by atoms with E-state index in [2.05, 4.69) is 39.3 Å². The number of piperazine rings is 1. The van der Waals surface area contributed by atoms with Crippen LogP contribution in [0.1, 0.15) is 12.0 Å². The summed E-state index contributed by atoms with van der Waals surface area (Å²) < 4.78 is 0. The van der Waals surface area contributed by atoms with Crippen LogP contribution in [0.3, 0.4) is 0 Å². The molecular weight excluding hydrogens is 364 g/mol. The molecule has 0 unspecified atom stereocenters. The molecule has 1 aliphatic heterocycles. The number of nitrogens with one attached hydrogen (secondary N) is 2. The average molecular weight is 390 g/mol. The first-order valence-electron chi connectivity index (χ1n) is 10.0. The number of nitrogens with zero attached hydrogens (tertiary/aromatic N) is 2. The lowest BCUT2D eigenvalue weighted by atomic mass is 10.1. The van der Waals surface area contributed by atoms with E-state index in [1.54, 1.807) is 0 Å². The molecule has 2 aromatic carbocycles. The van der Waals surface area contributed by atoms with Crippen LogP contribution in [0, 0.1) is 0 Å². The second-order valence-electron chi connectivity index (χ2n) is 7.60. The first-order chi connectivity index (χ1) is 14.1. The number of anilines is 2. The number of amides is 1. The molecule has 2 heterocycles. The third-order valence-electron chi connectivity index (χ3n) is 5.47. The number of benzene rings is 2. The topological polar surface area (TPSA) is 68.4 Å². The Morgan fingerprint density at radius 3 is 2.52 bits per heavy atom. The number of H-pyrrole nitrogens is 1. The minimum Gasteiger partial charge on any atom is -0.369 e. The smallest absolute Gasteiger partial charge is 0.251 e. The van der Waals surface area contributed by atoms with Gasteiger partial charge in [-0.3, -0.25) is 9.59 Å². The van der Waals surface area contributed by atoms with Crippen molar-refractivity contribution in [1.82, 2.24) is 9.88 Å². The van der Waals surface area contributed by atoms with Crippen LogP contribution in [0.25, 0.3) is 10.9 Å². The third-order valence-corrected chi connectivity index (χ3v) is 5.47. The molecule has 1 aromatic heterocycles. The number of carbonyl (C=O) groups is 1. The van der Waals surface area contributed by atoms with Gasteiger partial charge >= 0.3 is 0 Å². The second-order valence-corrected chi connectivity index (χ2v) is 7.60. The maximum atomic E-state index is 12.3. The molecular formula is C23H26N4O2. The highest BCUT2D eigenvalue weighted by atomic mass is 16.1. The molecule has 0 atom stereocenters. The number of hydrogen-bond donors (Lipinski definition) is 2. The van der Waals surface area contributed by atoms with Crippen LogP contribution in [0.2, 0.25) is 0 Å². The Morgan fingerprint density at radius 2 is 1.76 bits per heavy atom. The summed E-state index contributed by atoms with van der Waals surface area (Å²) in [7, 11) is 2.14. The minimum absolute atomic E-state index is 0.0927. The van der Waals surface area contributed by atoms with Crippen molar-refractivity contribution >= 4 is 28.2 Å². The molecule has 3 aromatic rings. The zero-order valence-electron chi connectivity index (χ0n) is 16.6. The number of aromatic nitrogens is 1. The highest BCUT2D eigenvalue weighted by Gasteiger charge is 2.14. The average Bonchev–Trinajstić information content (AvgIpc) is 2.73. The molecule has 0 bridgehead atoms. The quantitative estimate of drug-likeness (QED) is 0.703. The van der Waals surface area contributed by atoms with Crippen molar-refractivity contribution in [3.63, 3.8) is 0 Å². The van der Waals surface area contributed by atoms with E-state index >= 15 is 0 Å². The highest BCUT2D eigenvalue weighted by Crippen LogP contribution is 2.19. The number of carbonyl (C=O) groups excluding carboxylic acids is 1. The molecule has 0 aliphatic carbocycles. The molecule has 4 rings (SSSR count). The Bertz CT molecular complexity index is 1050. The highest BCUT2D eigenvalue weighted by molar-refractivity contribution is 5.91.